The number of carbonyl (C=O) groups excluding carboxylic acids is 1. The predicted molar refractivity (Wildman–Crippen MR) is 74.5 cm³/mol. The van der Waals surface area contributed by atoms with E-state index in [4.69, 9.17) is 21.1 Å². The number of esters is 1. The maximum Gasteiger partial charge on any atom is 0.325 e. The van der Waals surface area contributed by atoms with Crippen molar-refractivity contribution < 1.29 is 14.3 Å². The molecule has 1 N–H and O–H groups in total. The molecule has 1 aromatic carbocycles. The highest BCUT2D eigenvalue weighted by molar-refractivity contribution is 6.30. The van der Waals surface area contributed by atoms with Gasteiger partial charge in [0.2, 0.25) is 0 Å². The lowest BCUT2D eigenvalue weighted by Gasteiger charge is -2.22. The molecule has 0 aliphatic carbocycles. The summed E-state index contributed by atoms with van der Waals surface area (Å²) in [5.41, 5.74) is 0.843. The molecule has 1 atom stereocenters. The lowest BCUT2D eigenvalue weighted by Crippen LogP contribution is -2.27. The second-order valence-corrected chi connectivity index (χ2v) is 4.97. The van der Waals surface area contributed by atoms with Crippen LogP contribution in [0.2, 0.25) is 5.02 Å². The van der Waals surface area contributed by atoms with E-state index in [-0.39, 0.29) is 18.6 Å². The Morgan fingerprint density at radius 3 is 2.84 bits per heavy atom. The van der Waals surface area contributed by atoms with Gasteiger partial charge in [0.1, 0.15) is 13.2 Å². The zero-order valence-corrected chi connectivity index (χ0v) is 11.5. The summed E-state index contributed by atoms with van der Waals surface area (Å²) in [4.78, 5) is 11.6. The van der Waals surface area contributed by atoms with Gasteiger partial charge in [-0.05, 0) is 43.5 Å². The van der Waals surface area contributed by atoms with Gasteiger partial charge in [-0.1, -0.05) is 11.6 Å². The SMILES string of the molecule is O=C(CNc1ccc(Cl)cc1)OCC1CCCCO1. The third-order valence-corrected chi connectivity index (χ3v) is 3.24. The first-order valence-corrected chi connectivity index (χ1v) is 6.88. The molecule has 1 saturated heterocycles. The topological polar surface area (TPSA) is 47.6 Å². The molecule has 5 heteroatoms. The highest BCUT2D eigenvalue weighted by atomic mass is 35.5. The summed E-state index contributed by atoms with van der Waals surface area (Å²) in [6, 6.07) is 7.18. The van der Waals surface area contributed by atoms with E-state index in [1.54, 1.807) is 12.1 Å². The molecule has 1 aromatic rings. The molecule has 1 unspecified atom stereocenters. The monoisotopic (exact) mass is 283 g/mol. The van der Waals surface area contributed by atoms with Gasteiger partial charge in [-0.3, -0.25) is 4.79 Å². The summed E-state index contributed by atoms with van der Waals surface area (Å²) < 4.78 is 10.7. The van der Waals surface area contributed by atoms with Crippen LogP contribution in [-0.2, 0) is 14.3 Å². The molecule has 4 nitrogen and oxygen atoms in total. The Bertz CT molecular complexity index is 402. The summed E-state index contributed by atoms with van der Waals surface area (Å²) in [5.74, 6) is -0.274. The Hall–Kier alpha value is -1.26. The largest absolute Gasteiger partial charge is 0.462 e. The van der Waals surface area contributed by atoms with Crippen LogP contribution in [0.15, 0.2) is 24.3 Å². The quantitative estimate of drug-likeness (QED) is 0.844. The molecule has 1 fully saturated rings. The molecule has 1 aliphatic rings. The van der Waals surface area contributed by atoms with Gasteiger partial charge >= 0.3 is 5.97 Å². The lowest BCUT2D eigenvalue weighted by atomic mass is 10.1. The van der Waals surface area contributed by atoms with Crippen LogP contribution in [0, 0.1) is 0 Å². The number of anilines is 1. The third kappa shape index (κ3) is 5.09. The molecule has 0 bridgehead atoms. The summed E-state index contributed by atoms with van der Waals surface area (Å²) in [5, 5.41) is 3.65. The minimum Gasteiger partial charge on any atom is -0.462 e. The van der Waals surface area contributed by atoms with Gasteiger partial charge < -0.3 is 14.8 Å². The first-order chi connectivity index (χ1) is 9.24. The van der Waals surface area contributed by atoms with E-state index in [1.165, 1.54) is 0 Å². The second-order valence-electron chi connectivity index (χ2n) is 4.53. The molecule has 0 aromatic heterocycles. The van der Waals surface area contributed by atoms with Crippen molar-refractivity contribution in [2.24, 2.45) is 0 Å². The van der Waals surface area contributed by atoms with Gasteiger partial charge in [0.25, 0.3) is 0 Å². The molecular formula is C14H18ClNO3. The molecule has 19 heavy (non-hydrogen) atoms. The Balaban J connectivity index is 1.65. The number of benzene rings is 1. The number of rotatable bonds is 5. The van der Waals surface area contributed by atoms with E-state index >= 15 is 0 Å². The Labute approximate surface area is 118 Å². The Kier molecular flexibility index (Phi) is 5.48. The number of hydrogen-bond acceptors (Lipinski definition) is 4. The van der Waals surface area contributed by atoms with Crippen LogP contribution < -0.4 is 5.32 Å². The van der Waals surface area contributed by atoms with Crippen molar-refractivity contribution in [2.45, 2.75) is 25.4 Å². The smallest absolute Gasteiger partial charge is 0.325 e. The number of halogens is 1. The van der Waals surface area contributed by atoms with E-state index in [9.17, 15) is 4.79 Å². The fourth-order valence-electron chi connectivity index (χ4n) is 1.92. The number of hydrogen-bond donors (Lipinski definition) is 1. The minimum absolute atomic E-state index is 0.0632. The lowest BCUT2D eigenvalue weighted by molar-refractivity contribution is -0.146. The Morgan fingerprint density at radius 2 is 2.16 bits per heavy atom. The van der Waals surface area contributed by atoms with Gasteiger partial charge in [0.05, 0.1) is 6.10 Å². The standard InChI is InChI=1S/C14H18ClNO3/c15-11-4-6-12(7-5-11)16-9-14(17)19-10-13-3-1-2-8-18-13/h4-7,13,16H,1-3,8-10H2. The van der Waals surface area contributed by atoms with Crippen molar-refractivity contribution in [1.29, 1.82) is 0 Å². The van der Waals surface area contributed by atoms with Crippen LogP contribution in [0.3, 0.4) is 0 Å². The fraction of sp³-hybridized carbons (Fsp3) is 0.500. The number of carbonyl (C=O) groups is 1. The van der Waals surface area contributed by atoms with Gasteiger partial charge in [0, 0.05) is 17.3 Å². The van der Waals surface area contributed by atoms with Crippen molar-refractivity contribution in [3.8, 4) is 0 Å². The molecule has 0 spiro atoms. The second kappa shape index (κ2) is 7.36. The van der Waals surface area contributed by atoms with Crippen molar-refractivity contribution in [3.05, 3.63) is 29.3 Å². The van der Waals surface area contributed by atoms with Crippen LogP contribution in [0.4, 0.5) is 5.69 Å². The molecule has 0 amide bonds. The van der Waals surface area contributed by atoms with Crippen molar-refractivity contribution in [3.63, 3.8) is 0 Å². The number of ether oxygens (including phenoxy) is 2. The van der Waals surface area contributed by atoms with Gasteiger partial charge in [-0.15, -0.1) is 0 Å². The highest BCUT2D eigenvalue weighted by Gasteiger charge is 2.15. The van der Waals surface area contributed by atoms with Crippen LogP contribution in [0.5, 0.6) is 0 Å². The van der Waals surface area contributed by atoms with E-state index in [1.807, 2.05) is 12.1 Å². The van der Waals surface area contributed by atoms with E-state index in [0.29, 0.717) is 11.6 Å². The summed E-state index contributed by atoms with van der Waals surface area (Å²) in [6.45, 7) is 1.26. The average molecular weight is 284 g/mol. The maximum atomic E-state index is 11.6. The van der Waals surface area contributed by atoms with Crippen LogP contribution in [-0.4, -0.2) is 31.8 Å². The van der Waals surface area contributed by atoms with Gasteiger partial charge in [-0.2, -0.15) is 0 Å². The fourth-order valence-corrected chi connectivity index (χ4v) is 2.04. The van der Waals surface area contributed by atoms with Crippen LogP contribution in [0.1, 0.15) is 19.3 Å². The molecule has 2 rings (SSSR count). The van der Waals surface area contributed by atoms with E-state index in [2.05, 4.69) is 5.32 Å². The molecule has 1 aliphatic heterocycles. The van der Waals surface area contributed by atoms with Crippen LogP contribution in [0.25, 0.3) is 0 Å². The van der Waals surface area contributed by atoms with Crippen molar-refractivity contribution >= 4 is 23.3 Å². The predicted octanol–water partition coefficient (Wildman–Crippen LogP) is 2.86. The highest BCUT2D eigenvalue weighted by Crippen LogP contribution is 2.14. The molecule has 1 heterocycles. The van der Waals surface area contributed by atoms with Crippen LogP contribution >= 0.6 is 11.6 Å². The number of nitrogens with one attached hydrogen (secondary N) is 1. The van der Waals surface area contributed by atoms with Gasteiger partial charge in [-0.25, -0.2) is 0 Å². The summed E-state index contributed by atoms with van der Waals surface area (Å²) in [6.07, 6.45) is 3.28. The van der Waals surface area contributed by atoms with Gasteiger partial charge in [0.15, 0.2) is 0 Å². The first-order valence-electron chi connectivity index (χ1n) is 6.51. The maximum absolute atomic E-state index is 11.6. The average Bonchev–Trinajstić information content (AvgIpc) is 2.45. The molecular weight excluding hydrogens is 266 g/mol. The molecule has 0 saturated carbocycles. The first kappa shape index (κ1) is 14.2. The van der Waals surface area contributed by atoms with Crippen molar-refractivity contribution in [1.82, 2.24) is 0 Å². The van der Waals surface area contributed by atoms with Crippen molar-refractivity contribution in [2.75, 3.05) is 25.1 Å². The normalized spacial score (nSPS) is 18.9. The third-order valence-electron chi connectivity index (χ3n) is 2.99. The summed E-state index contributed by atoms with van der Waals surface area (Å²) in [7, 11) is 0. The Morgan fingerprint density at radius 1 is 1.37 bits per heavy atom. The minimum atomic E-state index is -0.274. The zero-order valence-electron chi connectivity index (χ0n) is 10.7. The molecule has 0 radical (unpaired) electrons. The molecule has 104 valence electrons. The van der Waals surface area contributed by atoms with E-state index < -0.39 is 0 Å². The van der Waals surface area contributed by atoms with E-state index in [0.717, 1.165) is 31.6 Å². The zero-order chi connectivity index (χ0) is 13.5. The summed E-state index contributed by atoms with van der Waals surface area (Å²) >= 11 is 5.78.